The molecule has 2 aromatic rings. The molecular formula is C19H28ClN5O. The van der Waals surface area contributed by atoms with E-state index in [4.69, 9.17) is 26.4 Å². The molecular weight excluding hydrogens is 350 g/mol. The number of rotatable bonds is 8. The van der Waals surface area contributed by atoms with Gasteiger partial charge in [0.05, 0.1) is 13.2 Å². The predicted molar refractivity (Wildman–Crippen MR) is 103 cm³/mol. The highest BCUT2D eigenvalue weighted by atomic mass is 35.5. The number of aryl methyl sites for hydroxylation is 1. The summed E-state index contributed by atoms with van der Waals surface area (Å²) in [6, 6.07) is 8.83. The highest BCUT2D eigenvalue weighted by molar-refractivity contribution is 6.30. The van der Waals surface area contributed by atoms with Gasteiger partial charge in [-0.2, -0.15) is 5.10 Å². The second kappa shape index (κ2) is 8.95. The number of benzene rings is 1. The topological polar surface area (TPSA) is 64.0 Å². The minimum Gasteiger partial charge on any atom is -0.384 e. The minimum atomic E-state index is 0.460. The number of ether oxygens (including phenoxy) is 1. The second-order valence-electron chi connectivity index (χ2n) is 7.04. The van der Waals surface area contributed by atoms with Crippen LogP contribution in [-0.2, 0) is 24.1 Å². The molecule has 7 heteroatoms. The fourth-order valence-electron chi connectivity index (χ4n) is 3.55. The van der Waals surface area contributed by atoms with Gasteiger partial charge >= 0.3 is 0 Å². The Labute approximate surface area is 160 Å². The summed E-state index contributed by atoms with van der Waals surface area (Å²) in [6.45, 7) is 5.76. The van der Waals surface area contributed by atoms with Gasteiger partial charge in [-0.15, -0.1) is 0 Å². The Balaban J connectivity index is 1.74. The van der Waals surface area contributed by atoms with E-state index in [1.165, 1.54) is 0 Å². The summed E-state index contributed by atoms with van der Waals surface area (Å²) in [5.41, 5.74) is 7.78. The van der Waals surface area contributed by atoms with Crippen LogP contribution in [0.2, 0.25) is 5.02 Å². The third-order valence-electron chi connectivity index (χ3n) is 5.07. The number of nitrogens with one attached hydrogen (secondary N) is 2. The van der Waals surface area contributed by atoms with Crippen molar-refractivity contribution in [3.05, 3.63) is 46.5 Å². The maximum Gasteiger partial charge on any atom is 0.153 e. The van der Waals surface area contributed by atoms with E-state index in [2.05, 4.69) is 30.8 Å². The molecule has 1 aromatic heterocycles. The zero-order valence-electron chi connectivity index (χ0n) is 15.7. The van der Waals surface area contributed by atoms with Crippen molar-refractivity contribution in [2.45, 2.75) is 51.7 Å². The van der Waals surface area contributed by atoms with E-state index >= 15 is 0 Å². The van der Waals surface area contributed by atoms with Gasteiger partial charge in [-0.3, -0.25) is 10.9 Å². The molecule has 0 aliphatic carbocycles. The molecule has 1 saturated heterocycles. The van der Waals surface area contributed by atoms with Crippen molar-refractivity contribution in [3.63, 3.8) is 0 Å². The number of hydrazine groups is 1. The van der Waals surface area contributed by atoms with E-state index in [1.807, 2.05) is 22.9 Å². The third-order valence-corrected chi connectivity index (χ3v) is 5.30. The summed E-state index contributed by atoms with van der Waals surface area (Å²) in [5.74, 6) is 2.45. The van der Waals surface area contributed by atoms with Crippen LogP contribution in [0.3, 0.4) is 0 Å². The lowest BCUT2D eigenvalue weighted by atomic mass is 9.91. The third kappa shape index (κ3) is 4.82. The summed E-state index contributed by atoms with van der Waals surface area (Å²) in [7, 11) is 1.70. The van der Waals surface area contributed by atoms with Crippen LogP contribution in [0.1, 0.15) is 37.5 Å². The molecule has 3 rings (SSSR count). The lowest BCUT2D eigenvalue weighted by molar-refractivity contribution is 0.200. The number of nitrogens with zero attached hydrogens (tertiary/aromatic N) is 3. The van der Waals surface area contributed by atoms with Gasteiger partial charge in [0, 0.05) is 37.1 Å². The summed E-state index contributed by atoms with van der Waals surface area (Å²) in [6.07, 6.45) is 2.70. The zero-order chi connectivity index (χ0) is 18.5. The molecule has 2 unspecified atom stereocenters. The Morgan fingerprint density at radius 2 is 1.96 bits per heavy atom. The van der Waals surface area contributed by atoms with Gasteiger partial charge < -0.3 is 4.74 Å². The number of hydrogen-bond donors (Lipinski definition) is 2. The molecule has 0 spiro atoms. The van der Waals surface area contributed by atoms with Crippen LogP contribution >= 0.6 is 11.6 Å². The summed E-state index contributed by atoms with van der Waals surface area (Å²) in [5, 5.41) is 5.45. The molecule has 2 atom stereocenters. The number of hydrogen-bond acceptors (Lipinski definition) is 5. The lowest BCUT2D eigenvalue weighted by Gasteiger charge is -2.17. The molecule has 1 aromatic carbocycles. The zero-order valence-corrected chi connectivity index (χ0v) is 16.5. The Morgan fingerprint density at radius 3 is 2.65 bits per heavy atom. The van der Waals surface area contributed by atoms with Gasteiger partial charge in [0.2, 0.25) is 0 Å². The van der Waals surface area contributed by atoms with Gasteiger partial charge in [-0.05, 0) is 43.9 Å². The van der Waals surface area contributed by atoms with E-state index in [9.17, 15) is 0 Å². The van der Waals surface area contributed by atoms with Gasteiger partial charge in [-0.1, -0.05) is 23.7 Å². The minimum absolute atomic E-state index is 0.460. The van der Waals surface area contributed by atoms with Crippen molar-refractivity contribution in [2.24, 2.45) is 5.92 Å². The maximum atomic E-state index is 6.13. The normalized spacial score (nSPS) is 22.8. The number of aromatic nitrogens is 3. The Kier molecular flexibility index (Phi) is 6.64. The van der Waals surface area contributed by atoms with Crippen LogP contribution < -0.4 is 10.9 Å². The smallest absolute Gasteiger partial charge is 0.153 e. The lowest BCUT2D eigenvalue weighted by Crippen LogP contribution is -2.30. The van der Waals surface area contributed by atoms with Crippen LogP contribution in [0.15, 0.2) is 24.3 Å². The van der Waals surface area contributed by atoms with Gasteiger partial charge in [0.15, 0.2) is 5.82 Å². The SMILES string of the molecule is COCCc1nc(CCC2C(C)NNC2C)n(Cc2cccc(Cl)c2)n1. The molecule has 2 N–H and O–H groups in total. The first-order chi connectivity index (χ1) is 12.6. The Morgan fingerprint density at radius 1 is 1.19 bits per heavy atom. The Bertz CT molecular complexity index is 710. The molecule has 26 heavy (non-hydrogen) atoms. The van der Waals surface area contributed by atoms with Crippen molar-refractivity contribution < 1.29 is 4.74 Å². The monoisotopic (exact) mass is 377 g/mol. The van der Waals surface area contributed by atoms with Crippen molar-refractivity contribution in [3.8, 4) is 0 Å². The molecule has 1 aliphatic heterocycles. The summed E-state index contributed by atoms with van der Waals surface area (Å²) in [4.78, 5) is 4.78. The van der Waals surface area contributed by atoms with Crippen molar-refractivity contribution in [2.75, 3.05) is 13.7 Å². The molecule has 142 valence electrons. The highest BCUT2D eigenvalue weighted by Crippen LogP contribution is 2.21. The predicted octanol–water partition coefficient (Wildman–Crippen LogP) is 2.60. The summed E-state index contributed by atoms with van der Waals surface area (Å²) >= 11 is 6.13. The average molecular weight is 378 g/mol. The molecule has 0 saturated carbocycles. The molecule has 1 fully saturated rings. The van der Waals surface area contributed by atoms with Crippen LogP contribution in [0.4, 0.5) is 0 Å². The molecule has 6 nitrogen and oxygen atoms in total. The van der Waals surface area contributed by atoms with Crippen LogP contribution in [0.25, 0.3) is 0 Å². The number of methoxy groups -OCH3 is 1. The fourth-order valence-corrected chi connectivity index (χ4v) is 3.76. The van der Waals surface area contributed by atoms with E-state index in [0.717, 1.165) is 41.5 Å². The van der Waals surface area contributed by atoms with Gasteiger partial charge in [0.25, 0.3) is 0 Å². The van der Waals surface area contributed by atoms with Crippen molar-refractivity contribution in [1.82, 2.24) is 25.6 Å². The molecule has 0 radical (unpaired) electrons. The van der Waals surface area contributed by atoms with Gasteiger partial charge in [0.1, 0.15) is 5.82 Å². The standard InChI is InChI=1S/C19H28ClN5O/c1-13-17(14(2)23-22-13)7-8-19-21-18(9-10-26-3)24-25(19)12-15-5-4-6-16(20)11-15/h4-6,11,13-14,17,22-23H,7-10,12H2,1-3H3. The molecule has 0 amide bonds. The van der Waals surface area contributed by atoms with E-state index in [0.29, 0.717) is 31.2 Å². The quantitative estimate of drug-likeness (QED) is 0.740. The maximum absolute atomic E-state index is 6.13. The molecule has 0 bridgehead atoms. The highest BCUT2D eigenvalue weighted by Gasteiger charge is 2.29. The van der Waals surface area contributed by atoms with Crippen LogP contribution in [0.5, 0.6) is 0 Å². The van der Waals surface area contributed by atoms with E-state index < -0.39 is 0 Å². The van der Waals surface area contributed by atoms with E-state index in [-0.39, 0.29) is 0 Å². The van der Waals surface area contributed by atoms with Crippen molar-refractivity contribution in [1.29, 1.82) is 0 Å². The number of halogens is 1. The summed E-state index contributed by atoms with van der Waals surface area (Å²) < 4.78 is 7.19. The first-order valence-corrected chi connectivity index (χ1v) is 9.61. The van der Waals surface area contributed by atoms with E-state index in [1.54, 1.807) is 7.11 Å². The van der Waals surface area contributed by atoms with Crippen molar-refractivity contribution >= 4 is 11.6 Å². The fraction of sp³-hybridized carbons (Fsp3) is 0.579. The first kappa shape index (κ1) is 19.3. The molecule has 1 aliphatic rings. The Hall–Kier alpha value is -1.47. The van der Waals surface area contributed by atoms with Crippen LogP contribution in [-0.4, -0.2) is 40.6 Å². The molecule has 2 heterocycles. The van der Waals surface area contributed by atoms with Gasteiger partial charge in [-0.25, -0.2) is 9.67 Å². The first-order valence-electron chi connectivity index (χ1n) is 9.24. The second-order valence-corrected chi connectivity index (χ2v) is 7.48. The van der Waals surface area contributed by atoms with Crippen LogP contribution in [0, 0.1) is 5.92 Å². The average Bonchev–Trinajstić information content (AvgIpc) is 3.14. The largest absolute Gasteiger partial charge is 0.384 e.